The Bertz CT molecular complexity index is 1560. The number of benzene rings is 1. The van der Waals surface area contributed by atoms with Gasteiger partial charge in [0, 0.05) is 47.4 Å². The van der Waals surface area contributed by atoms with Crippen LogP contribution in [0.25, 0.3) is 5.52 Å². The molecule has 232 valence electrons. The molecule has 4 aromatic rings. The quantitative estimate of drug-likeness (QED) is 0.199. The van der Waals surface area contributed by atoms with Gasteiger partial charge in [0.2, 0.25) is 11.1 Å². The van der Waals surface area contributed by atoms with Gasteiger partial charge in [-0.3, -0.25) is 19.6 Å². The normalized spacial score (nSPS) is 18.0. The van der Waals surface area contributed by atoms with Gasteiger partial charge in [0.1, 0.15) is 11.3 Å². The van der Waals surface area contributed by atoms with Crippen LogP contribution in [0.1, 0.15) is 50.6 Å². The van der Waals surface area contributed by atoms with Crippen LogP contribution in [-0.4, -0.2) is 85.6 Å². The zero-order chi connectivity index (χ0) is 30.3. The number of ketones is 1. The molecule has 0 saturated carbocycles. The van der Waals surface area contributed by atoms with Crippen LogP contribution in [0.3, 0.4) is 0 Å². The van der Waals surface area contributed by atoms with Crippen molar-refractivity contribution in [3.05, 3.63) is 54.4 Å². The van der Waals surface area contributed by atoms with E-state index in [1.807, 2.05) is 55.6 Å². The zero-order valence-electron chi connectivity index (χ0n) is 25.3. The Labute approximate surface area is 262 Å². The fraction of sp³-hybridized carbons (Fsp3) is 0.469. The van der Waals surface area contributed by atoms with E-state index < -0.39 is 0 Å². The summed E-state index contributed by atoms with van der Waals surface area (Å²) >= 11 is 1.44. The molecule has 12 heteroatoms. The molecule has 2 aliphatic heterocycles. The Morgan fingerprint density at radius 1 is 1.05 bits per heavy atom. The molecule has 3 aromatic heterocycles. The molecule has 1 aromatic carbocycles. The van der Waals surface area contributed by atoms with Crippen LogP contribution in [0.15, 0.2) is 58.7 Å². The summed E-state index contributed by atoms with van der Waals surface area (Å²) in [6.45, 7) is 7.08. The number of carbonyl (C=O) groups is 2. The number of likely N-dealkylation sites (tertiary alicyclic amines) is 2. The minimum absolute atomic E-state index is 0.0512. The lowest BCUT2D eigenvalue weighted by Gasteiger charge is -2.19. The number of H-pyrrole nitrogens is 1. The minimum Gasteiger partial charge on any atom is -0.325 e. The van der Waals surface area contributed by atoms with Gasteiger partial charge >= 0.3 is 0 Å². The third kappa shape index (κ3) is 8.04. The lowest BCUT2D eigenvalue weighted by Crippen LogP contribution is -2.32. The lowest BCUT2D eigenvalue weighted by molar-refractivity contribution is -0.123. The van der Waals surface area contributed by atoms with Gasteiger partial charge in [0.25, 0.3) is 0 Å². The Kier molecular flexibility index (Phi) is 9.89. The van der Waals surface area contributed by atoms with E-state index >= 15 is 0 Å². The van der Waals surface area contributed by atoms with Crippen molar-refractivity contribution in [2.45, 2.75) is 61.9 Å². The summed E-state index contributed by atoms with van der Waals surface area (Å²) in [5.41, 5.74) is 2.54. The molecule has 44 heavy (non-hydrogen) atoms. The van der Waals surface area contributed by atoms with Crippen molar-refractivity contribution in [2.24, 2.45) is 5.92 Å². The van der Waals surface area contributed by atoms with Gasteiger partial charge in [0.05, 0.1) is 6.54 Å². The van der Waals surface area contributed by atoms with Crippen LogP contribution in [0.5, 0.6) is 0 Å². The maximum Gasteiger partial charge on any atom is 0.238 e. The van der Waals surface area contributed by atoms with E-state index in [-0.39, 0.29) is 11.8 Å². The van der Waals surface area contributed by atoms with Crippen molar-refractivity contribution in [2.75, 3.05) is 49.9 Å². The largest absolute Gasteiger partial charge is 0.325 e. The van der Waals surface area contributed by atoms with Gasteiger partial charge in [-0.2, -0.15) is 5.10 Å². The van der Waals surface area contributed by atoms with Crippen molar-refractivity contribution < 1.29 is 9.59 Å². The molecule has 1 atom stereocenters. The van der Waals surface area contributed by atoms with Crippen molar-refractivity contribution >= 4 is 46.3 Å². The number of aromatic amines is 1. The van der Waals surface area contributed by atoms with E-state index in [9.17, 15) is 9.59 Å². The fourth-order valence-corrected chi connectivity index (χ4v) is 6.80. The second kappa shape index (κ2) is 14.4. The summed E-state index contributed by atoms with van der Waals surface area (Å²) in [5.74, 6) is 1.70. The highest BCUT2D eigenvalue weighted by Gasteiger charge is 2.29. The van der Waals surface area contributed by atoms with E-state index in [0.29, 0.717) is 42.1 Å². The first-order chi connectivity index (χ1) is 21.5. The number of hydrogen-bond acceptors (Lipinski definition) is 9. The Balaban J connectivity index is 0.962. The number of anilines is 3. The molecule has 2 fully saturated rings. The second-order valence-electron chi connectivity index (χ2n) is 11.9. The molecule has 11 nitrogen and oxygen atoms in total. The average Bonchev–Trinajstić information content (AvgIpc) is 3.73. The third-order valence-electron chi connectivity index (χ3n) is 8.36. The monoisotopic (exact) mass is 615 g/mol. The SMILES string of the molecule is Cc1cc(Nc2nc(Sc3ccc(NC(=O)CN4CC[C@@H](C(=O)CCCN5CCCCCC5)C4)cc3)nn3cccc23)n[nH]1. The number of Topliss-reactive ketones (excluding diaryl/α,β-unsaturated/α-hetero) is 1. The molecule has 0 spiro atoms. The first kappa shape index (κ1) is 30.3. The lowest BCUT2D eigenvalue weighted by atomic mass is 9.99. The number of rotatable bonds is 12. The Morgan fingerprint density at radius 3 is 2.64 bits per heavy atom. The van der Waals surface area contributed by atoms with E-state index in [2.05, 4.69) is 35.7 Å². The number of nitrogens with one attached hydrogen (secondary N) is 3. The van der Waals surface area contributed by atoms with Crippen LogP contribution >= 0.6 is 11.8 Å². The highest BCUT2D eigenvalue weighted by molar-refractivity contribution is 7.99. The van der Waals surface area contributed by atoms with Crippen molar-refractivity contribution in [3.63, 3.8) is 0 Å². The molecule has 0 bridgehead atoms. The molecule has 0 aliphatic carbocycles. The van der Waals surface area contributed by atoms with Crippen LogP contribution in [0, 0.1) is 12.8 Å². The van der Waals surface area contributed by atoms with Crippen molar-refractivity contribution in [1.29, 1.82) is 0 Å². The van der Waals surface area contributed by atoms with E-state index in [4.69, 9.17) is 4.98 Å². The molecule has 2 aliphatic rings. The number of aryl methyl sites for hydroxylation is 1. The number of carbonyl (C=O) groups excluding carboxylic acids is 2. The van der Waals surface area contributed by atoms with Gasteiger partial charge in [-0.1, -0.05) is 12.8 Å². The topological polar surface area (TPSA) is 124 Å². The molecule has 0 radical (unpaired) electrons. The summed E-state index contributed by atoms with van der Waals surface area (Å²) < 4.78 is 1.79. The Morgan fingerprint density at radius 2 is 1.86 bits per heavy atom. The van der Waals surface area contributed by atoms with Crippen LogP contribution in [-0.2, 0) is 9.59 Å². The third-order valence-corrected chi connectivity index (χ3v) is 9.23. The first-order valence-electron chi connectivity index (χ1n) is 15.7. The van der Waals surface area contributed by atoms with Crippen LogP contribution in [0.4, 0.5) is 17.3 Å². The zero-order valence-corrected chi connectivity index (χ0v) is 26.1. The Hall–Kier alpha value is -3.74. The predicted molar refractivity (Wildman–Crippen MR) is 172 cm³/mol. The first-order valence-corrected chi connectivity index (χ1v) is 16.5. The molecule has 0 unspecified atom stereocenters. The average molecular weight is 616 g/mol. The molecule has 3 N–H and O–H groups in total. The summed E-state index contributed by atoms with van der Waals surface area (Å²) in [7, 11) is 0. The minimum atomic E-state index is -0.0645. The van der Waals surface area contributed by atoms with Gasteiger partial charge in [-0.15, -0.1) is 5.10 Å². The van der Waals surface area contributed by atoms with Gasteiger partial charge in [0.15, 0.2) is 11.6 Å². The van der Waals surface area contributed by atoms with Crippen LogP contribution < -0.4 is 10.6 Å². The summed E-state index contributed by atoms with van der Waals surface area (Å²) in [4.78, 5) is 35.9. The molecule has 5 heterocycles. The van der Waals surface area contributed by atoms with Crippen molar-refractivity contribution in [3.8, 4) is 0 Å². The highest BCUT2D eigenvalue weighted by Crippen LogP contribution is 2.29. The van der Waals surface area contributed by atoms with Gasteiger partial charge in [-0.25, -0.2) is 9.50 Å². The maximum atomic E-state index is 12.8. The van der Waals surface area contributed by atoms with Gasteiger partial charge < -0.3 is 15.5 Å². The molecular weight excluding hydrogens is 574 g/mol. The molecule has 1 amide bonds. The smallest absolute Gasteiger partial charge is 0.238 e. The number of aromatic nitrogens is 5. The number of hydrogen-bond donors (Lipinski definition) is 3. The predicted octanol–water partition coefficient (Wildman–Crippen LogP) is 5.14. The number of amides is 1. The van der Waals surface area contributed by atoms with Crippen LogP contribution in [0.2, 0.25) is 0 Å². The van der Waals surface area contributed by atoms with E-state index in [1.54, 1.807) is 4.52 Å². The highest BCUT2D eigenvalue weighted by atomic mass is 32.2. The molecule has 6 rings (SSSR count). The van der Waals surface area contributed by atoms with E-state index in [1.165, 1.54) is 50.5 Å². The van der Waals surface area contributed by atoms with Gasteiger partial charge in [-0.05, 0) is 107 Å². The summed E-state index contributed by atoms with van der Waals surface area (Å²) in [5, 5.41) is 18.7. The fourth-order valence-electron chi connectivity index (χ4n) is 6.05. The van der Waals surface area contributed by atoms with E-state index in [0.717, 1.165) is 47.7 Å². The number of nitrogens with zero attached hydrogens (tertiary/aromatic N) is 6. The standard InChI is InChI=1S/C32H41N9O2S/c1-23-20-29(37-36-23)34-31-27-8-6-18-41(27)38-32(35-31)44-26-12-10-25(11-13-26)33-30(43)22-40-19-14-24(21-40)28(42)9-7-17-39-15-4-2-3-5-16-39/h6,8,10-13,18,20,24H,2-5,7,9,14-17,19,21-22H2,1H3,(H,33,43)(H2,34,35,36,37,38)/t24-/m1/s1. The molecule has 2 saturated heterocycles. The summed E-state index contributed by atoms with van der Waals surface area (Å²) in [6.07, 6.45) is 9.55. The maximum absolute atomic E-state index is 12.8. The number of fused-ring (bicyclic) bond motifs is 1. The van der Waals surface area contributed by atoms with Crippen molar-refractivity contribution in [1.82, 2.24) is 34.6 Å². The summed E-state index contributed by atoms with van der Waals surface area (Å²) in [6, 6.07) is 13.5. The second-order valence-corrected chi connectivity index (χ2v) is 12.9. The molecular formula is C32H41N9O2S.